The zero-order valence-corrected chi connectivity index (χ0v) is 11.6. The third-order valence-corrected chi connectivity index (χ3v) is 3.07. The fourth-order valence-electron chi connectivity index (χ4n) is 1.98. The van der Waals surface area contributed by atoms with E-state index in [4.69, 9.17) is 4.74 Å². The van der Waals surface area contributed by atoms with Gasteiger partial charge in [0.15, 0.2) is 5.82 Å². The molecular weight excluding hydrogens is 271 g/mol. The van der Waals surface area contributed by atoms with Gasteiger partial charge in [-0.15, -0.1) is 0 Å². The Labute approximate surface area is 120 Å². The topological polar surface area (TPSA) is 59.9 Å². The minimum atomic E-state index is -0.240. The number of benzene rings is 1. The molecule has 1 aromatic carbocycles. The monoisotopic (exact) mass is 284 g/mol. The summed E-state index contributed by atoms with van der Waals surface area (Å²) in [6.07, 6.45) is 3.17. The normalized spacial score (nSPS) is 10.6. The molecule has 2 aromatic heterocycles. The van der Waals surface area contributed by atoms with E-state index in [0.717, 1.165) is 5.69 Å². The van der Waals surface area contributed by atoms with Crippen LogP contribution in [-0.4, -0.2) is 22.1 Å². The number of hydrogen-bond donors (Lipinski definition) is 1. The molecule has 3 aromatic rings. The number of hydrogen-bond acceptors (Lipinski definition) is 5. The largest absolute Gasteiger partial charge is 0.480 e. The van der Waals surface area contributed by atoms with E-state index in [9.17, 15) is 4.39 Å². The van der Waals surface area contributed by atoms with Crippen molar-refractivity contribution in [2.24, 2.45) is 0 Å². The number of anilines is 2. The van der Waals surface area contributed by atoms with Crippen molar-refractivity contribution in [3.63, 3.8) is 0 Å². The Morgan fingerprint density at radius 3 is 2.81 bits per heavy atom. The zero-order chi connectivity index (χ0) is 14.8. The number of methoxy groups -OCH3 is 1. The Morgan fingerprint density at radius 1 is 1.19 bits per heavy atom. The Morgan fingerprint density at radius 2 is 2.05 bits per heavy atom. The van der Waals surface area contributed by atoms with Crippen molar-refractivity contribution in [2.45, 2.75) is 6.92 Å². The van der Waals surface area contributed by atoms with Crippen LogP contribution in [0.25, 0.3) is 11.0 Å². The highest BCUT2D eigenvalue weighted by Crippen LogP contribution is 2.23. The van der Waals surface area contributed by atoms with E-state index < -0.39 is 0 Å². The molecule has 0 saturated heterocycles. The molecule has 0 radical (unpaired) electrons. The Bertz CT molecular complexity index is 807. The van der Waals surface area contributed by atoms with Crippen LogP contribution in [0.2, 0.25) is 0 Å². The van der Waals surface area contributed by atoms with Crippen molar-refractivity contribution in [3.8, 4) is 5.88 Å². The minimum Gasteiger partial charge on any atom is -0.480 e. The van der Waals surface area contributed by atoms with Gasteiger partial charge in [0, 0.05) is 11.9 Å². The third kappa shape index (κ3) is 2.60. The molecule has 21 heavy (non-hydrogen) atoms. The second-order valence-corrected chi connectivity index (χ2v) is 4.53. The van der Waals surface area contributed by atoms with Crippen LogP contribution in [0.4, 0.5) is 15.9 Å². The van der Waals surface area contributed by atoms with Gasteiger partial charge in [0.05, 0.1) is 18.8 Å². The molecule has 0 spiro atoms. The van der Waals surface area contributed by atoms with E-state index in [-0.39, 0.29) is 5.82 Å². The van der Waals surface area contributed by atoms with Crippen LogP contribution in [0.3, 0.4) is 0 Å². The number of fused-ring (bicyclic) bond motifs is 1. The molecular formula is C15H13FN4O. The summed E-state index contributed by atoms with van der Waals surface area (Å²) in [4.78, 5) is 12.9. The predicted octanol–water partition coefficient (Wildman–Crippen LogP) is 3.22. The Kier molecular flexibility index (Phi) is 3.35. The summed E-state index contributed by atoms with van der Waals surface area (Å²) in [5.74, 6) is 0.766. The van der Waals surface area contributed by atoms with Gasteiger partial charge in [0.1, 0.15) is 11.3 Å². The first-order chi connectivity index (χ1) is 10.2. The number of aromatic nitrogens is 3. The lowest BCUT2D eigenvalue weighted by Gasteiger charge is -2.09. The fraction of sp³-hybridized carbons (Fsp3) is 0.133. The number of ether oxygens (including phenoxy) is 1. The molecule has 6 heteroatoms. The lowest BCUT2D eigenvalue weighted by atomic mass is 10.2. The summed E-state index contributed by atoms with van der Waals surface area (Å²) in [5, 5.41) is 3.13. The van der Waals surface area contributed by atoms with Crippen molar-refractivity contribution in [3.05, 3.63) is 48.0 Å². The lowest BCUT2D eigenvalue weighted by Crippen LogP contribution is -1.98. The van der Waals surface area contributed by atoms with Gasteiger partial charge in [-0.05, 0) is 36.8 Å². The molecule has 106 valence electrons. The highest BCUT2D eigenvalue weighted by atomic mass is 19.1. The smallest absolute Gasteiger partial charge is 0.232 e. The molecule has 5 nitrogen and oxygen atoms in total. The van der Waals surface area contributed by atoms with Gasteiger partial charge in [-0.1, -0.05) is 0 Å². The van der Waals surface area contributed by atoms with Crippen LogP contribution in [0, 0.1) is 12.7 Å². The first kappa shape index (κ1) is 13.2. The van der Waals surface area contributed by atoms with Crippen molar-refractivity contribution < 1.29 is 9.13 Å². The van der Waals surface area contributed by atoms with Gasteiger partial charge in [-0.25, -0.2) is 19.3 Å². The van der Waals surface area contributed by atoms with Crippen LogP contribution >= 0.6 is 0 Å². The molecule has 0 aliphatic rings. The van der Waals surface area contributed by atoms with Crippen LogP contribution in [0.15, 0.2) is 36.7 Å². The van der Waals surface area contributed by atoms with Gasteiger partial charge < -0.3 is 10.1 Å². The van der Waals surface area contributed by atoms with Crippen molar-refractivity contribution in [1.82, 2.24) is 15.0 Å². The average molecular weight is 284 g/mol. The van der Waals surface area contributed by atoms with E-state index in [2.05, 4.69) is 20.3 Å². The average Bonchev–Trinajstić information content (AvgIpc) is 2.50. The molecule has 0 atom stereocenters. The van der Waals surface area contributed by atoms with E-state index in [1.807, 2.05) is 0 Å². The molecule has 0 fully saturated rings. The Balaban J connectivity index is 2.02. The maximum atomic E-state index is 13.3. The van der Waals surface area contributed by atoms with Crippen LogP contribution < -0.4 is 10.1 Å². The summed E-state index contributed by atoms with van der Waals surface area (Å²) in [5.41, 5.74) is 2.60. The molecule has 0 amide bonds. The summed E-state index contributed by atoms with van der Waals surface area (Å²) >= 11 is 0. The predicted molar refractivity (Wildman–Crippen MR) is 78.3 cm³/mol. The van der Waals surface area contributed by atoms with Crippen LogP contribution in [-0.2, 0) is 0 Å². The van der Waals surface area contributed by atoms with Crippen molar-refractivity contribution in [1.29, 1.82) is 0 Å². The summed E-state index contributed by atoms with van der Waals surface area (Å²) < 4.78 is 18.3. The van der Waals surface area contributed by atoms with Crippen LogP contribution in [0.1, 0.15) is 5.56 Å². The van der Waals surface area contributed by atoms with E-state index in [0.29, 0.717) is 28.3 Å². The second kappa shape index (κ2) is 5.32. The van der Waals surface area contributed by atoms with Crippen molar-refractivity contribution >= 4 is 22.5 Å². The van der Waals surface area contributed by atoms with Gasteiger partial charge >= 0.3 is 0 Å². The molecule has 3 rings (SSSR count). The SMILES string of the molecule is COc1cnc2c(Nc3ccc(F)c(C)c3)nccc2n1. The Hall–Kier alpha value is -2.76. The van der Waals surface area contributed by atoms with E-state index in [1.54, 1.807) is 31.3 Å². The third-order valence-electron chi connectivity index (χ3n) is 3.07. The quantitative estimate of drug-likeness (QED) is 0.800. The number of halogens is 1. The summed E-state index contributed by atoms with van der Waals surface area (Å²) in [6, 6.07) is 6.54. The summed E-state index contributed by atoms with van der Waals surface area (Å²) in [6.45, 7) is 1.71. The first-order valence-corrected chi connectivity index (χ1v) is 6.36. The molecule has 0 bridgehead atoms. The number of aryl methyl sites for hydroxylation is 1. The second-order valence-electron chi connectivity index (χ2n) is 4.53. The number of nitrogens with one attached hydrogen (secondary N) is 1. The molecule has 0 aliphatic heterocycles. The number of nitrogens with zero attached hydrogens (tertiary/aromatic N) is 3. The minimum absolute atomic E-state index is 0.240. The molecule has 0 aliphatic carbocycles. The molecule has 0 saturated carbocycles. The highest BCUT2D eigenvalue weighted by Gasteiger charge is 2.07. The maximum Gasteiger partial charge on any atom is 0.232 e. The van der Waals surface area contributed by atoms with E-state index >= 15 is 0 Å². The summed E-state index contributed by atoms with van der Waals surface area (Å²) in [7, 11) is 1.54. The van der Waals surface area contributed by atoms with E-state index in [1.165, 1.54) is 19.4 Å². The molecule has 1 N–H and O–H groups in total. The van der Waals surface area contributed by atoms with Crippen LogP contribution in [0.5, 0.6) is 5.88 Å². The molecule has 0 unspecified atom stereocenters. The zero-order valence-electron chi connectivity index (χ0n) is 11.6. The molecule has 2 heterocycles. The van der Waals surface area contributed by atoms with Gasteiger partial charge in [-0.3, -0.25) is 0 Å². The number of pyridine rings is 1. The highest BCUT2D eigenvalue weighted by molar-refractivity contribution is 5.87. The van der Waals surface area contributed by atoms with Crippen molar-refractivity contribution in [2.75, 3.05) is 12.4 Å². The standard InChI is InChI=1S/C15H13FN4O/c1-9-7-10(3-4-11(9)16)19-15-14-12(5-6-17-15)20-13(21-2)8-18-14/h3-8H,1-2H3,(H,17,19). The first-order valence-electron chi connectivity index (χ1n) is 6.36. The maximum absolute atomic E-state index is 13.3. The lowest BCUT2D eigenvalue weighted by molar-refractivity contribution is 0.397. The van der Waals surface area contributed by atoms with Gasteiger partial charge in [-0.2, -0.15) is 0 Å². The fourth-order valence-corrected chi connectivity index (χ4v) is 1.98. The van der Waals surface area contributed by atoms with Gasteiger partial charge in [0.25, 0.3) is 0 Å². The van der Waals surface area contributed by atoms with Gasteiger partial charge in [0.2, 0.25) is 5.88 Å². The number of rotatable bonds is 3.